The van der Waals surface area contributed by atoms with Crippen molar-refractivity contribution in [3.05, 3.63) is 41.4 Å². The van der Waals surface area contributed by atoms with Crippen LogP contribution in [0.5, 0.6) is 5.75 Å². The van der Waals surface area contributed by atoms with Crippen LogP contribution < -0.4 is 15.8 Å². The van der Waals surface area contributed by atoms with Gasteiger partial charge in [0.25, 0.3) is 5.91 Å². The van der Waals surface area contributed by atoms with E-state index in [4.69, 9.17) is 20.1 Å². The van der Waals surface area contributed by atoms with E-state index in [9.17, 15) is 18.0 Å². The molecule has 1 saturated carbocycles. The molecule has 12 heteroatoms. The Morgan fingerprint density at radius 3 is 2.64 bits per heavy atom. The average molecular weight is 463 g/mol. The van der Waals surface area contributed by atoms with Gasteiger partial charge in [-0.3, -0.25) is 4.79 Å². The Kier molecular flexibility index (Phi) is 5.70. The fourth-order valence-electron chi connectivity index (χ4n) is 3.57. The van der Waals surface area contributed by atoms with Crippen molar-refractivity contribution in [1.29, 1.82) is 0 Å². The van der Waals surface area contributed by atoms with Crippen LogP contribution in [0.25, 0.3) is 22.4 Å². The second-order valence-electron chi connectivity index (χ2n) is 7.67. The minimum Gasteiger partial charge on any atom is -0.494 e. The van der Waals surface area contributed by atoms with Crippen LogP contribution in [-0.4, -0.2) is 39.9 Å². The Hall–Kier alpha value is -3.67. The number of halogens is 3. The van der Waals surface area contributed by atoms with Crippen LogP contribution >= 0.6 is 0 Å². The molecule has 2 heterocycles. The number of ether oxygens (including phenoxy) is 1. The minimum absolute atomic E-state index is 0.00730. The second-order valence-corrected chi connectivity index (χ2v) is 7.67. The third-order valence-corrected chi connectivity index (χ3v) is 5.28. The molecule has 1 fully saturated rings. The summed E-state index contributed by atoms with van der Waals surface area (Å²) in [6, 6.07) is 4.22. The number of pyridine rings is 1. The maximum absolute atomic E-state index is 13.2. The lowest BCUT2D eigenvalue weighted by Gasteiger charge is -2.27. The molecule has 4 N–H and O–H groups in total. The number of oxazole rings is 1. The highest BCUT2D eigenvalue weighted by Crippen LogP contribution is 2.37. The van der Waals surface area contributed by atoms with Crippen LogP contribution in [0.3, 0.4) is 0 Å². The molecule has 0 bridgehead atoms. The summed E-state index contributed by atoms with van der Waals surface area (Å²) >= 11 is 0. The van der Waals surface area contributed by atoms with E-state index in [1.54, 1.807) is 13.0 Å². The summed E-state index contributed by atoms with van der Waals surface area (Å²) in [5.41, 5.74) is 5.74. The smallest absolute Gasteiger partial charge is 0.433 e. The van der Waals surface area contributed by atoms with Gasteiger partial charge in [0.05, 0.1) is 18.9 Å². The number of nitrogens with one attached hydrogen (secondary N) is 1. The fourth-order valence-corrected chi connectivity index (χ4v) is 3.57. The van der Waals surface area contributed by atoms with Crippen molar-refractivity contribution in [3.63, 3.8) is 0 Å². The molecule has 9 nitrogen and oxygen atoms in total. The van der Waals surface area contributed by atoms with E-state index in [0.29, 0.717) is 29.5 Å². The number of benzene rings is 1. The number of alkyl halides is 3. The summed E-state index contributed by atoms with van der Waals surface area (Å²) in [5, 5.41) is 14.9. The molecule has 174 valence electrons. The van der Waals surface area contributed by atoms with Crippen molar-refractivity contribution in [3.8, 4) is 17.2 Å². The van der Waals surface area contributed by atoms with Gasteiger partial charge in [0, 0.05) is 29.8 Å². The molecule has 4 rings (SSSR count). The standard InChI is InChI=1S/C21H20F3N5O4/c1-9(25)18-17(19(30)26-10-7-11(8-10)29-31)28-20(33-18)13-3-5-14(32-2)16-12(13)4-6-15(27-16)21(22,23)24/h3-6,9-10,31H,7-8,25H2,1-2H3,(H,26,30)/t9-,10?/m0/s1. The fraction of sp³-hybridized carbons (Fsp3) is 0.333. The zero-order valence-corrected chi connectivity index (χ0v) is 17.6. The monoisotopic (exact) mass is 463 g/mol. The Labute approximate surface area is 185 Å². The summed E-state index contributed by atoms with van der Waals surface area (Å²) < 4.78 is 50.5. The molecule has 1 aliphatic rings. The van der Waals surface area contributed by atoms with E-state index in [-0.39, 0.29) is 34.7 Å². The Bertz CT molecular complexity index is 1240. The van der Waals surface area contributed by atoms with Crippen LogP contribution in [0.2, 0.25) is 0 Å². The Balaban J connectivity index is 1.76. The van der Waals surface area contributed by atoms with Crippen LogP contribution in [-0.2, 0) is 6.18 Å². The zero-order valence-electron chi connectivity index (χ0n) is 17.6. The van der Waals surface area contributed by atoms with Gasteiger partial charge in [-0.15, -0.1) is 0 Å². The number of hydrogen-bond acceptors (Lipinski definition) is 8. The first kappa shape index (κ1) is 22.5. The first-order chi connectivity index (χ1) is 15.6. The number of rotatable bonds is 5. The Morgan fingerprint density at radius 2 is 2.03 bits per heavy atom. The summed E-state index contributed by atoms with van der Waals surface area (Å²) in [6.07, 6.45) is -3.80. The predicted molar refractivity (Wildman–Crippen MR) is 111 cm³/mol. The van der Waals surface area contributed by atoms with Crippen LogP contribution in [0.15, 0.2) is 33.8 Å². The van der Waals surface area contributed by atoms with Gasteiger partial charge in [0.15, 0.2) is 11.5 Å². The van der Waals surface area contributed by atoms with Crippen molar-refractivity contribution >= 4 is 22.5 Å². The van der Waals surface area contributed by atoms with E-state index in [1.165, 1.54) is 19.2 Å². The van der Waals surface area contributed by atoms with Crippen molar-refractivity contribution in [2.75, 3.05) is 7.11 Å². The van der Waals surface area contributed by atoms with Gasteiger partial charge in [-0.2, -0.15) is 13.2 Å². The van der Waals surface area contributed by atoms with Crippen LogP contribution in [0, 0.1) is 0 Å². The first-order valence-electron chi connectivity index (χ1n) is 9.94. The summed E-state index contributed by atoms with van der Waals surface area (Å²) in [5.74, 6) is -0.243. The van der Waals surface area contributed by atoms with Crippen molar-refractivity contribution in [1.82, 2.24) is 15.3 Å². The molecule has 0 aliphatic heterocycles. The number of aromatic nitrogens is 2. The SMILES string of the molecule is COc1ccc(-c2nc(C(=O)NC3CC(=NO)C3)c([C@H](C)N)o2)c2ccc(C(F)(F)F)nc12. The molecule has 0 spiro atoms. The van der Waals surface area contributed by atoms with Gasteiger partial charge >= 0.3 is 6.18 Å². The zero-order chi connectivity index (χ0) is 23.9. The number of methoxy groups -OCH3 is 1. The minimum atomic E-state index is -4.63. The largest absolute Gasteiger partial charge is 0.494 e. The molecular weight excluding hydrogens is 443 g/mol. The average Bonchev–Trinajstić information content (AvgIpc) is 3.19. The highest BCUT2D eigenvalue weighted by molar-refractivity contribution is 5.99. The molecule has 3 aromatic rings. The van der Waals surface area contributed by atoms with Crippen LogP contribution in [0.4, 0.5) is 13.2 Å². The third-order valence-electron chi connectivity index (χ3n) is 5.28. The molecule has 0 radical (unpaired) electrons. The predicted octanol–water partition coefficient (Wildman–Crippen LogP) is 3.66. The van der Waals surface area contributed by atoms with Crippen molar-refractivity contribution < 1.29 is 32.3 Å². The van der Waals surface area contributed by atoms with Crippen molar-refractivity contribution in [2.45, 2.75) is 38.0 Å². The molecule has 1 aliphatic carbocycles. The van der Waals surface area contributed by atoms with E-state index in [0.717, 1.165) is 6.07 Å². The van der Waals surface area contributed by atoms with Gasteiger partial charge in [0.2, 0.25) is 5.89 Å². The molecule has 33 heavy (non-hydrogen) atoms. The van der Waals surface area contributed by atoms with E-state index >= 15 is 0 Å². The van der Waals surface area contributed by atoms with Gasteiger partial charge < -0.3 is 25.4 Å². The topological polar surface area (TPSA) is 136 Å². The molecule has 1 aromatic carbocycles. The molecule has 0 saturated heterocycles. The number of nitrogens with zero attached hydrogens (tertiary/aromatic N) is 3. The first-order valence-corrected chi connectivity index (χ1v) is 9.94. The number of carbonyl (C=O) groups excluding carboxylic acids is 1. The summed E-state index contributed by atoms with van der Waals surface area (Å²) in [6.45, 7) is 1.62. The van der Waals surface area contributed by atoms with Gasteiger partial charge in [-0.05, 0) is 31.2 Å². The summed E-state index contributed by atoms with van der Waals surface area (Å²) in [7, 11) is 1.32. The lowest BCUT2D eigenvalue weighted by atomic mass is 9.90. The maximum Gasteiger partial charge on any atom is 0.433 e. The van der Waals surface area contributed by atoms with E-state index in [1.807, 2.05) is 0 Å². The third kappa shape index (κ3) is 4.21. The normalized spacial score (nSPS) is 16.9. The Morgan fingerprint density at radius 1 is 1.30 bits per heavy atom. The number of carbonyl (C=O) groups is 1. The molecular formula is C21H20F3N5O4. The highest BCUT2D eigenvalue weighted by atomic mass is 19.4. The number of amides is 1. The number of oxime groups is 1. The number of hydrogen-bond donors (Lipinski definition) is 3. The number of nitrogens with two attached hydrogens (primary N) is 1. The quantitative estimate of drug-likeness (QED) is 0.388. The highest BCUT2D eigenvalue weighted by Gasteiger charge is 2.34. The van der Waals surface area contributed by atoms with E-state index in [2.05, 4.69) is 20.4 Å². The lowest BCUT2D eigenvalue weighted by Crippen LogP contribution is -2.45. The van der Waals surface area contributed by atoms with Crippen LogP contribution in [0.1, 0.15) is 47.7 Å². The van der Waals surface area contributed by atoms with Gasteiger partial charge in [-0.25, -0.2) is 9.97 Å². The van der Waals surface area contributed by atoms with Crippen molar-refractivity contribution in [2.24, 2.45) is 10.9 Å². The molecule has 0 unspecified atom stereocenters. The number of fused-ring (bicyclic) bond motifs is 1. The molecule has 2 aromatic heterocycles. The molecule has 1 amide bonds. The lowest BCUT2D eigenvalue weighted by molar-refractivity contribution is -0.140. The van der Waals surface area contributed by atoms with Gasteiger partial charge in [0.1, 0.15) is 17.0 Å². The summed E-state index contributed by atoms with van der Waals surface area (Å²) in [4.78, 5) is 20.8. The maximum atomic E-state index is 13.2. The van der Waals surface area contributed by atoms with Gasteiger partial charge in [-0.1, -0.05) is 5.16 Å². The van der Waals surface area contributed by atoms with E-state index < -0.39 is 23.8 Å². The second kappa shape index (κ2) is 8.35. The molecule has 1 atom stereocenters.